The van der Waals surface area contributed by atoms with E-state index in [0.717, 1.165) is 5.92 Å². The lowest BCUT2D eigenvalue weighted by Gasteiger charge is -2.16. The van der Waals surface area contributed by atoms with Crippen molar-refractivity contribution in [1.29, 1.82) is 0 Å². The zero-order valence-corrected chi connectivity index (χ0v) is 18.0. The first kappa shape index (κ1) is 24.7. The highest BCUT2D eigenvalue weighted by atomic mass is 14.1. The smallest absolute Gasteiger partial charge is 0.0351 e. The summed E-state index contributed by atoms with van der Waals surface area (Å²) in [6.07, 6.45) is 30.8. The van der Waals surface area contributed by atoms with Crippen molar-refractivity contribution in [3.8, 4) is 0 Å². The predicted octanol–water partition coefficient (Wildman–Crippen LogP) is 9.63. The fourth-order valence-corrected chi connectivity index (χ4v) is 3.92. The molecule has 0 unspecified atom stereocenters. The van der Waals surface area contributed by atoms with Gasteiger partial charge in [0.15, 0.2) is 0 Å². The van der Waals surface area contributed by atoms with Crippen LogP contribution in [-0.2, 0) is 0 Å². The lowest BCUT2D eigenvalue weighted by Crippen LogP contribution is -2.01. The van der Waals surface area contributed by atoms with Gasteiger partial charge in [-0.15, -0.1) is 6.58 Å². The van der Waals surface area contributed by atoms with Crippen molar-refractivity contribution in [2.45, 2.75) is 142 Å². The van der Waals surface area contributed by atoms with E-state index in [0.29, 0.717) is 0 Å². The standard InChI is InChI=1S/C25H50/c1-4-7-10-12-14-16-18-20-23-25(22-9-6-3)24-21-19-17-15-13-11-8-5-2/h6,25H,3-5,7-24H2,1-2H3. The van der Waals surface area contributed by atoms with Gasteiger partial charge >= 0.3 is 0 Å². The minimum Gasteiger partial charge on any atom is -0.103 e. The predicted molar refractivity (Wildman–Crippen MR) is 117 cm³/mol. The summed E-state index contributed by atoms with van der Waals surface area (Å²) in [5.41, 5.74) is 0. The second kappa shape index (κ2) is 21.8. The molecule has 0 saturated carbocycles. The van der Waals surface area contributed by atoms with Crippen LogP contribution in [0.3, 0.4) is 0 Å². The highest BCUT2D eigenvalue weighted by Gasteiger charge is 2.07. The third kappa shape index (κ3) is 19.9. The molecule has 0 heterocycles. The molecule has 0 atom stereocenters. The van der Waals surface area contributed by atoms with E-state index < -0.39 is 0 Å². The van der Waals surface area contributed by atoms with Gasteiger partial charge in [0.1, 0.15) is 0 Å². The van der Waals surface area contributed by atoms with Crippen molar-refractivity contribution < 1.29 is 0 Å². The van der Waals surface area contributed by atoms with Crippen molar-refractivity contribution in [1.82, 2.24) is 0 Å². The maximum absolute atomic E-state index is 3.92. The lowest BCUT2D eigenvalue weighted by atomic mass is 9.90. The monoisotopic (exact) mass is 350 g/mol. The van der Waals surface area contributed by atoms with Crippen molar-refractivity contribution in [3.63, 3.8) is 0 Å². The summed E-state index contributed by atoms with van der Waals surface area (Å²) in [6.45, 7) is 8.53. The molecular weight excluding hydrogens is 300 g/mol. The molecule has 25 heavy (non-hydrogen) atoms. The molecule has 0 radical (unpaired) electrons. The van der Waals surface area contributed by atoms with Crippen molar-refractivity contribution >= 4 is 0 Å². The second-order valence-corrected chi connectivity index (χ2v) is 8.26. The van der Waals surface area contributed by atoms with Gasteiger partial charge in [-0.3, -0.25) is 0 Å². The first-order valence-electron chi connectivity index (χ1n) is 12.0. The summed E-state index contributed by atoms with van der Waals surface area (Å²) in [6, 6.07) is 0. The van der Waals surface area contributed by atoms with E-state index >= 15 is 0 Å². The third-order valence-corrected chi connectivity index (χ3v) is 5.71. The fourth-order valence-electron chi connectivity index (χ4n) is 3.92. The molecule has 0 saturated heterocycles. The molecule has 0 spiro atoms. The molecule has 150 valence electrons. The molecule has 0 aliphatic carbocycles. The molecule has 0 N–H and O–H groups in total. The Balaban J connectivity index is 3.56. The number of hydrogen-bond donors (Lipinski definition) is 0. The molecule has 0 aromatic carbocycles. The zero-order chi connectivity index (χ0) is 18.4. The molecule has 0 rings (SSSR count). The molecule has 0 aromatic heterocycles. The quantitative estimate of drug-likeness (QED) is 0.143. The lowest BCUT2D eigenvalue weighted by molar-refractivity contribution is 0.382. The van der Waals surface area contributed by atoms with Crippen LogP contribution in [0.2, 0.25) is 0 Å². The Morgan fingerprint density at radius 3 is 1.24 bits per heavy atom. The average Bonchev–Trinajstić information content (AvgIpc) is 2.63. The molecule has 0 heteroatoms. The Labute approximate surface area is 161 Å². The van der Waals surface area contributed by atoms with Gasteiger partial charge in [-0.1, -0.05) is 135 Å². The van der Waals surface area contributed by atoms with E-state index in [9.17, 15) is 0 Å². The van der Waals surface area contributed by atoms with Gasteiger partial charge in [-0.2, -0.15) is 0 Å². The third-order valence-electron chi connectivity index (χ3n) is 5.71. The Kier molecular flexibility index (Phi) is 21.6. The minimum atomic E-state index is 0.971. The van der Waals surface area contributed by atoms with Gasteiger partial charge < -0.3 is 0 Å². The Morgan fingerprint density at radius 1 is 0.520 bits per heavy atom. The van der Waals surface area contributed by atoms with Crippen LogP contribution < -0.4 is 0 Å². The number of allylic oxidation sites excluding steroid dienone is 1. The highest BCUT2D eigenvalue weighted by Crippen LogP contribution is 2.23. The van der Waals surface area contributed by atoms with Gasteiger partial charge in [0.05, 0.1) is 0 Å². The largest absolute Gasteiger partial charge is 0.103 e. The van der Waals surface area contributed by atoms with E-state index in [-0.39, 0.29) is 0 Å². The summed E-state index contributed by atoms with van der Waals surface area (Å²) in [5.74, 6) is 0.971. The minimum absolute atomic E-state index is 0.971. The average molecular weight is 351 g/mol. The van der Waals surface area contributed by atoms with Crippen LogP contribution in [0.4, 0.5) is 0 Å². The van der Waals surface area contributed by atoms with Crippen LogP contribution in [0.1, 0.15) is 142 Å². The summed E-state index contributed by atoms with van der Waals surface area (Å²) in [5, 5.41) is 0. The number of hydrogen-bond acceptors (Lipinski definition) is 0. The van der Waals surface area contributed by atoms with Crippen LogP contribution in [0.5, 0.6) is 0 Å². The second-order valence-electron chi connectivity index (χ2n) is 8.26. The van der Waals surface area contributed by atoms with Crippen molar-refractivity contribution in [3.05, 3.63) is 12.7 Å². The van der Waals surface area contributed by atoms with Crippen LogP contribution in [-0.4, -0.2) is 0 Å². The molecule has 0 aromatic rings. The van der Waals surface area contributed by atoms with Crippen LogP contribution >= 0.6 is 0 Å². The van der Waals surface area contributed by atoms with Gasteiger partial charge in [0, 0.05) is 0 Å². The normalized spacial score (nSPS) is 11.3. The molecule has 0 aliphatic heterocycles. The molecule has 0 nitrogen and oxygen atoms in total. The van der Waals surface area contributed by atoms with Gasteiger partial charge in [0.25, 0.3) is 0 Å². The Hall–Kier alpha value is -0.260. The number of unbranched alkanes of at least 4 members (excludes halogenated alkanes) is 14. The number of rotatable bonds is 21. The summed E-state index contributed by atoms with van der Waals surface area (Å²) in [7, 11) is 0. The first-order valence-corrected chi connectivity index (χ1v) is 12.0. The van der Waals surface area contributed by atoms with E-state index in [1.807, 2.05) is 0 Å². The summed E-state index contributed by atoms with van der Waals surface area (Å²) < 4.78 is 0. The van der Waals surface area contributed by atoms with Crippen molar-refractivity contribution in [2.75, 3.05) is 0 Å². The summed E-state index contributed by atoms with van der Waals surface area (Å²) >= 11 is 0. The fraction of sp³-hybridized carbons (Fsp3) is 0.920. The molecule has 0 bridgehead atoms. The Bertz CT molecular complexity index is 222. The SMILES string of the molecule is C=CCCC(CCCCCCCCCC)CCCCCCCCCC. The molecular formula is C25H50. The molecule has 0 fully saturated rings. The maximum Gasteiger partial charge on any atom is -0.0351 e. The Morgan fingerprint density at radius 2 is 0.880 bits per heavy atom. The van der Waals surface area contributed by atoms with E-state index in [1.54, 1.807) is 0 Å². The summed E-state index contributed by atoms with van der Waals surface area (Å²) in [4.78, 5) is 0. The highest BCUT2D eigenvalue weighted by molar-refractivity contribution is 4.70. The maximum atomic E-state index is 3.92. The topological polar surface area (TPSA) is 0 Å². The van der Waals surface area contributed by atoms with E-state index in [2.05, 4.69) is 26.5 Å². The zero-order valence-electron chi connectivity index (χ0n) is 18.0. The van der Waals surface area contributed by atoms with E-state index in [1.165, 1.54) is 128 Å². The molecule has 0 amide bonds. The van der Waals surface area contributed by atoms with Crippen LogP contribution in [0, 0.1) is 5.92 Å². The van der Waals surface area contributed by atoms with Gasteiger partial charge in [-0.25, -0.2) is 0 Å². The molecule has 0 aliphatic rings. The van der Waals surface area contributed by atoms with Crippen molar-refractivity contribution in [2.24, 2.45) is 5.92 Å². The van der Waals surface area contributed by atoms with E-state index in [4.69, 9.17) is 0 Å². The van der Waals surface area contributed by atoms with Crippen LogP contribution in [0.25, 0.3) is 0 Å². The van der Waals surface area contributed by atoms with Gasteiger partial charge in [-0.05, 0) is 18.8 Å². The van der Waals surface area contributed by atoms with Crippen LogP contribution in [0.15, 0.2) is 12.7 Å². The van der Waals surface area contributed by atoms with Gasteiger partial charge in [0.2, 0.25) is 0 Å². The first-order chi connectivity index (χ1) is 12.3.